The Labute approximate surface area is 204 Å². The molecule has 0 amide bonds. The highest BCUT2D eigenvalue weighted by Gasteiger charge is 2.28. The molecule has 0 bridgehead atoms. The second-order valence-corrected chi connectivity index (χ2v) is 7.92. The van der Waals surface area contributed by atoms with Gasteiger partial charge in [-0.1, -0.05) is 31.0 Å². The Morgan fingerprint density at radius 1 is 0.971 bits per heavy atom. The van der Waals surface area contributed by atoms with Crippen molar-refractivity contribution < 1.29 is 23.8 Å². The van der Waals surface area contributed by atoms with Gasteiger partial charge in [0.1, 0.15) is 17.1 Å². The molecule has 0 saturated carbocycles. The number of aromatic nitrogens is 3. The fourth-order valence-corrected chi connectivity index (χ4v) is 3.76. The Bertz CT molecular complexity index is 1140. The lowest BCUT2D eigenvalue weighted by Crippen LogP contribution is -2.28. The van der Waals surface area contributed by atoms with Crippen LogP contribution in [0.25, 0.3) is 22.0 Å². The van der Waals surface area contributed by atoms with Crippen LogP contribution in [-0.2, 0) is 19.1 Å². The zero-order chi connectivity index (χ0) is 25.0. The molecule has 0 atom stereocenters. The molecule has 0 unspecified atom stereocenters. The number of H-pyrrole nitrogens is 1. The molecule has 3 rings (SSSR count). The highest BCUT2D eigenvalue weighted by Crippen LogP contribution is 2.27. The van der Waals surface area contributed by atoms with E-state index in [4.69, 9.17) is 14.2 Å². The van der Waals surface area contributed by atoms with Gasteiger partial charge in [-0.3, -0.25) is 14.6 Å². The van der Waals surface area contributed by atoms with E-state index >= 15 is 0 Å². The molecule has 9 heteroatoms. The van der Waals surface area contributed by atoms with Crippen LogP contribution in [0.15, 0.2) is 41.4 Å². The van der Waals surface area contributed by atoms with Crippen molar-refractivity contribution in [1.82, 2.24) is 15.4 Å². The normalized spacial score (nSPS) is 11.3. The van der Waals surface area contributed by atoms with Gasteiger partial charge in [-0.15, -0.1) is 0 Å². The number of nitrogens with zero attached hydrogens (tertiary/aromatic N) is 3. The summed E-state index contributed by atoms with van der Waals surface area (Å²) in [7, 11) is 1.70. The number of ether oxygens (including phenoxy) is 3. The summed E-state index contributed by atoms with van der Waals surface area (Å²) in [6.07, 6.45) is 4.43. The maximum absolute atomic E-state index is 12.0. The maximum atomic E-state index is 12.0. The van der Waals surface area contributed by atoms with Crippen LogP contribution >= 0.6 is 0 Å². The molecule has 0 aliphatic heterocycles. The van der Waals surface area contributed by atoms with E-state index in [2.05, 4.69) is 26.5 Å². The van der Waals surface area contributed by atoms with Crippen LogP contribution < -0.4 is 4.74 Å². The van der Waals surface area contributed by atoms with Crippen molar-refractivity contribution in [3.63, 3.8) is 0 Å². The third-order valence-corrected chi connectivity index (χ3v) is 5.46. The number of rotatable bonds is 13. The Hall–Kier alpha value is -3.75. The molecule has 35 heavy (non-hydrogen) atoms. The van der Waals surface area contributed by atoms with Crippen molar-refractivity contribution in [3.8, 4) is 17.0 Å². The van der Waals surface area contributed by atoms with Gasteiger partial charge in [0.15, 0.2) is 5.92 Å². The number of hydrogen-bond donors (Lipinski definition) is 1. The van der Waals surface area contributed by atoms with Gasteiger partial charge in [0, 0.05) is 12.6 Å². The first-order chi connectivity index (χ1) is 17.1. The van der Waals surface area contributed by atoms with Gasteiger partial charge < -0.3 is 14.2 Å². The fraction of sp³-hybridized carbons (Fsp3) is 0.423. The monoisotopic (exact) mass is 480 g/mol. The molecule has 0 aliphatic rings. The first-order valence-corrected chi connectivity index (χ1v) is 11.9. The van der Waals surface area contributed by atoms with Crippen LogP contribution in [0.2, 0.25) is 0 Å². The highest BCUT2D eigenvalue weighted by molar-refractivity contribution is 5.95. The number of aliphatic imine (C=N–C) groups is 1. The number of hydrogen-bond acceptors (Lipinski definition) is 8. The predicted molar refractivity (Wildman–Crippen MR) is 134 cm³/mol. The molecule has 9 nitrogen and oxygen atoms in total. The van der Waals surface area contributed by atoms with Crippen LogP contribution in [0.3, 0.4) is 0 Å². The van der Waals surface area contributed by atoms with Crippen molar-refractivity contribution in [2.24, 2.45) is 10.9 Å². The second kappa shape index (κ2) is 13.2. The minimum atomic E-state index is -0.858. The van der Waals surface area contributed by atoms with Gasteiger partial charge in [0.2, 0.25) is 0 Å². The summed E-state index contributed by atoms with van der Waals surface area (Å²) in [4.78, 5) is 28.1. The third-order valence-electron chi connectivity index (χ3n) is 5.46. The molecule has 0 aliphatic carbocycles. The quantitative estimate of drug-likeness (QED) is 0.167. The largest absolute Gasteiger partial charge is 0.494 e. The van der Waals surface area contributed by atoms with Gasteiger partial charge in [-0.05, 0) is 55.7 Å². The third kappa shape index (κ3) is 7.11. The number of benzene rings is 2. The zero-order valence-electron chi connectivity index (χ0n) is 20.5. The Balaban J connectivity index is 1.50. The molecular formula is C26H32N4O5. The molecule has 3 aromatic rings. The smallest absolute Gasteiger partial charge is 0.320 e. The van der Waals surface area contributed by atoms with E-state index in [-0.39, 0.29) is 13.2 Å². The Morgan fingerprint density at radius 3 is 2.40 bits per heavy atom. The highest BCUT2D eigenvalue weighted by atomic mass is 16.6. The molecule has 2 aromatic carbocycles. The minimum absolute atomic E-state index is 0.241. The first-order valence-electron chi connectivity index (χ1n) is 11.9. The maximum Gasteiger partial charge on any atom is 0.320 e. The molecule has 0 radical (unpaired) electrons. The summed E-state index contributed by atoms with van der Waals surface area (Å²) >= 11 is 0. The molecule has 0 spiro atoms. The fourth-order valence-electron chi connectivity index (χ4n) is 3.76. The van der Waals surface area contributed by atoms with Gasteiger partial charge in [0.05, 0.1) is 26.0 Å². The number of carbonyl (C=O) groups is 2. The lowest BCUT2D eigenvalue weighted by molar-refractivity contribution is -0.161. The van der Waals surface area contributed by atoms with Crippen LogP contribution in [-0.4, -0.2) is 60.4 Å². The summed E-state index contributed by atoms with van der Waals surface area (Å²) in [5.74, 6) is -1.09. The van der Waals surface area contributed by atoms with Crippen molar-refractivity contribution in [2.45, 2.75) is 39.5 Å². The molecule has 1 aromatic heterocycles. The van der Waals surface area contributed by atoms with E-state index in [1.165, 1.54) is 0 Å². The first kappa shape index (κ1) is 25.9. The van der Waals surface area contributed by atoms with Crippen molar-refractivity contribution in [2.75, 3.05) is 26.9 Å². The topological polar surface area (TPSA) is 116 Å². The van der Waals surface area contributed by atoms with E-state index in [0.717, 1.165) is 40.6 Å². The Morgan fingerprint density at radius 2 is 1.69 bits per heavy atom. The van der Waals surface area contributed by atoms with Crippen molar-refractivity contribution in [1.29, 1.82) is 0 Å². The summed E-state index contributed by atoms with van der Waals surface area (Å²) < 4.78 is 15.9. The standard InChI is InChI=1S/C26H32N4O5/c1-4-33-25(31)22(26(32)34-5-2)9-7-6-8-14-35-21-13-12-18-15-20(11-10-19(18)16-21)24-23(17-27-3)28-30-29-24/h10-13,15-17,22H,4-9,14H2,1-3H3,(H,28,29,30). The van der Waals surface area contributed by atoms with Crippen LogP contribution in [0.4, 0.5) is 0 Å². The van der Waals surface area contributed by atoms with Gasteiger partial charge in [0.25, 0.3) is 0 Å². The summed E-state index contributed by atoms with van der Waals surface area (Å²) in [5, 5.41) is 13.1. The van der Waals surface area contributed by atoms with Crippen LogP contribution in [0, 0.1) is 5.92 Å². The average Bonchev–Trinajstić information content (AvgIpc) is 3.32. The summed E-state index contributed by atoms with van der Waals surface area (Å²) in [6, 6.07) is 12.1. The zero-order valence-corrected chi connectivity index (χ0v) is 20.5. The van der Waals surface area contributed by atoms with E-state index < -0.39 is 17.9 Å². The van der Waals surface area contributed by atoms with Crippen LogP contribution in [0.5, 0.6) is 5.75 Å². The number of unbranched alkanes of at least 4 members (excludes halogenated alkanes) is 2. The van der Waals surface area contributed by atoms with E-state index in [9.17, 15) is 9.59 Å². The number of esters is 2. The van der Waals surface area contributed by atoms with E-state index in [1.807, 2.05) is 30.3 Å². The van der Waals surface area contributed by atoms with Crippen LogP contribution in [0.1, 0.15) is 45.2 Å². The number of nitrogens with one attached hydrogen (secondary N) is 1. The van der Waals surface area contributed by atoms with Gasteiger partial charge in [-0.25, -0.2) is 0 Å². The number of fused-ring (bicyclic) bond motifs is 1. The number of carbonyl (C=O) groups excluding carboxylic acids is 2. The van der Waals surface area contributed by atoms with E-state index in [1.54, 1.807) is 27.1 Å². The summed E-state index contributed by atoms with van der Waals surface area (Å²) in [5.41, 5.74) is 2.41. The molecule has 0 saturated heterocycles. The van der Waals surface area contributed by atoms with Crippen molar-refractivity contribution in [3.05, 3.63) is 42.1 Å². The van der Waals surface area contributed by atoms with E-state index in [0.29, 0.717) is 25.1 Å². The molecule has 0 fully saturated rings. The number of aromatic amines is 1. The van der Waals surface area contributed by atoms with Gasteiger partial charge >= 0.3 is 11.9 Å². The Kier molecular flexibility index (Phi) is 9.77. The lowest BCUT2D eigenvalue weighted by atomic mass is 10.0. The SMILES string of the molecule is CCOC(=O)C(CCCCCOc1ccc2cc(-c3n[nH]nc3C=NC)ccc2c1)C(=O)OCC. The predicted octanol–water partition coefficient (Wildman–Crippen LogP) is 4.36. The molecular weight excluding hydrogens is 448 g/mol. The average molecular weight is 481 g/mol. The van der Waals surface area contributed by atoms with Gasteiger partial charge in [-0.2, -0.15) is 15.4 Å². The lowest BCUT2D eigenvalue weighted by Gasteiger charge is -2.14. The molecule has 186 valence electrons. The molecule has 1 heterocycles. The minimum Gasteiger partial charge on any atom is -0.494 e. The van der Waals surface area contributed by atoms with Crippen molar-refractivity contribution >= 4 is 28.9 Å². The molecule has 1 N–H and O–H groups in total. The second-order valence-electron chi connectivity index (χ2n) is 7.92. The summed E-state index contributed by atoms with van der Waals surface area (Å²) in [6.45, 7) is 4.47.